The monoisotopic (exact) mass is 450 g/mol. The van der Waals surface area contributed by atoms with Gasteiger partial charge in [-0.3, -0.25) is 9.69 Å². The van der Waals surface area contributed by atoms with E-state index in [1.165, 1.54) is 6.07 Å². The van der Waals surface area contributed by atoms with E-state index >= 15 is 0 Å². The van der Waals surface area contributed by atoms with E-state index in [0.717, 1.165) is 48.1 Å². The number of carbonyl (C=O) groups excluding carboxylic acids is 2. The van der Waals surface area contributed by atoms with Crippen LogP contribution in [0.1, 0.15) is 39.9 Å². The second-order valence-electron chi connectivity index (χ2n) is 7.95. The van der Waals surface area contributed by atoms with E-state index in [2.05, 4.69) is 15.6 Å². The molecule has 0 aliphatic carbocycles. The molecule has 0 bridgehead atoms. The lowest BCUT2D eigenvalue weighted by Crippen LogP contribution is -2.32. The maximum absolute atomic E-state index is 13.7. The first kappa shape index (κ1) is 22.4. The molecule has 0 fully saturated rings. The molecule has 0 atom stereocenters. The molecule has 1 aromatic heterocycles. The van der Waals surface area contributed by atoms with Crippen LogP contribution in [-0.2, 0) is 13.0 Å². The van der Waals surface area contributed by atoms with E-state index in [1.807, 2.05) is 19.1 Å². The number of benzene rings is 2. The first-order valence-corrected chi connectivity index (χ1v) is 10.8. The third-order valence-corrected chi connectivity index (χ3v) is 5.68. The number of aryl methyl sites for hydroxylation is 2. The van der Waals surface area contributed by atoms with Crippen LogP contribution in [0.4, 0.5) is 25.1 Å². The molecular weight excluding hydrogens is 426 g/mol. The molecular formula is C25H24F2N4O2. The van der Waals surface area contributed by atoms with Gasteiger partial charge in [0, 0.05) is 24.8 Å². The third-order valence-electron chi connectivity index (χ3n) is 5.68. The summed E-state index contributed by atoms with van der Waals surface area (Å²) in [4.78, 5) is 31.5. The van der Waals surface area contributed by atoms with Gasteiger partial charge in [-0.05, 0) is 73.2 Å². The Kier molecular flexibility index (Phi) is 6.63. The molecule has 8 heteroatoms. The first-order valence-electron chi connectivity index (χ1n) is 10.8. The van der Waals surface area contributed by atoms with Crippen LogP contribution in [-0.4, -0.2) is 23.5 Å². The average Bonchev–Trinajstić information content (AvgIpc) is 3.03. The lowest BCUT2D eigenvalue weighted by atomic mass is 10.0. The highest BCUT2D eigenvalue weighted by molar-refractivity contribution is 6.06. The standard InChI is InChI=1S/C25H24F2N4O2/c1-16-14-18(24(32)31-13-3-2-6-17-7-5-12-28-23(17)31)10-11-19(16)15-29-25(33)30-22-20(26)8-4-9-21(22)27/h4-5,7-12,14H,2-3,6,13,15H2,1H3,(H2,29,30,33). The fourth-order valence-corrected chi connectivity index (χ4v) is 3.89. The fraction of sp³-hybridized carbons (Fsp3) is 0.240. The number of aromatic nitrogens is 1. The maximum atomic E-state index is 13.7. The van der Waals surface area contributed by atoms with Gasteiger partial charge in [0.2, 0.25) is 0 Å². The number of para-hydroxylation sites is 1. The normalized spacial score (nSPS) is 13.1. The second kappa shape index (κ2) is 9.77. The Labute approximate surface area is 190 Å². The number of urea groups is 1. The lowest BCUT2D eigenvalue weighted by molar-refractivity contribution is 0.0986. The van der Waals surface area contributed by atoms with Crippen LogP contribution >= 0.6 is 0 Å². The Balaban J connectivity index is 1.44. The molecule has 2 N–H and O–H groups in total. The van der Waals surface area contributed by atoms with Crippen molar-refractivity contribution in [1.29, 1.82) is 0 Å². The summed E-state index contributed by atoms with van der Waals surface area (Å²) in [5.41, 5.74) is 2.70. The Bertz CT molecular complexity index is 1180. The average molecular weight is 450 g/mol. The van der Waals surface area contributed by atoms with Crippen molar-refractivity contribution in [3.8, 4) is 0 Å². The van der Waals surface area contributed by atoms with E-state index in [-0.39, 0.29) is 12.5 Å². The summed E-state index contributed by atoms with van der Waals surface area (Å²) in [5, 5.41) is 4.78. The quantitative estimate of drug-likeness (QED) is 0.589. The number of fused-ring (bicyclic) bond motifs is 1. The zero-order valence-corrected chi connectivity index (χ0v) is 18.2. The predicted octanol–water partition coefficient (Wildman–Crippen LogP) is 4.97. The van der Waals surface area contributed by atoms with Gasteiger partial charge in [-0.15, -0.1) is 0 Å². The summed E-state index contributed by atoms with van der Waals surface area (Å²) >= 11 is 0. The van der Waals surface area contributed by atoms with Crippen molar-refractivity contribution in [2.24, 2.45) is 0 Å². The molecule has 0 unspecified atom stereocenters. The van der Waals surface area contributed by atoms with Crippen molar-refractivity contribution in [1.82, 2.24) is 10.3 Å². The number of amides is 3. The molecule has 3 amide bonds. The molecule has 6 nitrogen and oxygen atoms in total. The van der Waals surface area contributed by atoms with Crippen LogP contribution in [0, 0.1) is 18.6 Å². The minimum Gasteiger partial charge on any atom is -0.334 e. The Morgan fingerprint density at radius 3 is 2.61 bits per heavy atom. The molecule has 0 saturated heterocycles. The summed E-state index contributed by atoms with van der Waals surface area (Å²) in [7, 11) is 0. The smallest absolute Gasteiger partial charge is 0.319 e. The van der Waals surface area contributed by atoms with Crippen molar-refractivity contribution < 1.29 is 18.4 Å². The van der Waals surface area contributed by atoms with E-state index in [4.69, 9.17) is 0 Å². The van der Waals surface area contributed by atoms with Crippen LogP contribution < -0.4 is 15.5 Å². The molecule has 0 radical (unpaired) electrons. The van der Waals surface area contributed by atoms with Gasteiger partial charge in [0.05, 0.1) is 0 Å². The molecule has 0 saturated carbocycles. The summed E-state index contributed by atoms with van der Waals surface area (Å²) in [6.07, 6.45) is 4.50. The predicted molar refractivity (Wildman–Crippen MR) is 122 cm³/mol. The highest BCUT2D eigenvalue weighted by Gasteiger charge is 2.23. The number of nitrogens with one attached hydrogen (secondary N) is 2. The van der Waals surface area contributed by atoms with Gasteiger partial charge in [-0.25, -0.2) is 18.6 Å². The number of halogens is 2. The fourth-order valence-electron chi connectivity index (χ4n) is 3.89. The van der Waals surface area contributed by atoms with Gasteiger partial charge in [0.25, 0.3) is 5.91 Å². The van der Waals surface area contributed by atoms with Gasteiger partial charge in [0.1, 0.15) is 23.1 Å². The Morgan fingerprint density at radius 1 is 1.06 bits per heavy atom. The van der Waals surface area contributed by atoms with Gasteiger partial charge in [0.15, 0.2) is 0 Å². The van der Waals surface area contributed by atoms with Crippen molar-refractivity contribution >= 4 is 23.4 Å². The van der Waals surface area contributed by atoms with E-state index in [1.54, 1.807) is 29.3 Å². The van der Waals surface area contributed by atoms with Crippen LogP contribution in [0.3, 0.4) is 0 Å². The molecule has 33 heavy (non-hydrogen) atoms. The minimum absolute atomic E-state index is 0.118. The molecule has 0 spiro atoms. The Hall–Kier alpha value is -3.81. The van der Waals surface area contributed by atoms with Crippen LogP contribution in [0.5, 0.6) is 0 Å². The summed E-state index contributed by atoms with van der Waals surface area (Å²) in [6, 6.07) is 11.8. The van der Waals surface area contributed by atoms with E-state index in [9.17, 15) is 18.4 Å². The molecule has 3 aromatic rings. The van der Waals surface area contributed by atoms with Crippen LogP contribution in [0.25, 0.3) is 0 Å². The molecule has 2 heterocycles. The number of rotatable bonds is 4. The molecule has 1 aliphatic rings. The van der Waals surface area contributed by atoms with Gasteiger partial charge < -0.3 is 10.6 Å². The zero-order valence-electron chi connectivity index (χ0n) is 18.2. The Morgan fingerprint density at radius 2 is 1.85 bits per heavy atom. The van der Waals surface area contributed by atoms with Crippen molar-refractivity contribution in [2.75, 3.05) is 16.8 Å². The van der Waals surface area contributed by atoms with Crippen molar-refractivity contribution in [2.45, 2.75) is 32.7 Å². The van der Waals surface area contributed by atoms with Gasteiger partial charge >= 0.3 is 6.03 Å². The van der Waals surface area contributed by atoms with Crippen molar-refractivity contribution in [3.63, 3.8) is 0 Å². The maximum Gasteiger partial charge on any atom is 0.319 e. The summed E-state index contributed by atoms with van der Waals surface area (Å²) in [6.45, 7) is 2.59. The van der Waals surface area contributed by atoms with E-state index < -0.39 is 23.4 Å². The topological polar surface area (TPSA) is 74.3 Å². The summed E-state index contributed by atoms with van der Waals surface area (Å²) < 4.78 is 27.4. The number of hydrogen-bond acceptors (Lipinski definition) is 3. The highest BCUT2D eigenvalue weighted by atomic mass is 19.1. The largest absolute Gasteiger partial charge is 0.334 e. The first-order chi connectivity index (χ1) is 15.9. The number of carbonyl (C=O) groups is 2. The van der Waals surface area contributed by atoms with Crippen molar-refractivity contribution in [3.05, 3.63) is 88.6 Å². The minimum atomic E-state index is -0.853. The third kappa shape index (κ3) is 5.00. The molecule has 4 rings (SSSR count). The summed E-state index contributed by atoms with van der Waals surface area (Å²) in [5.74, 6) is -1.12. The van der Waals surface area contributed by atoms with Gasteiger partial charge in [-0.1, -0.05) is 18.2 Å². The van der Waals surface area contributed by atoms with E-state index in [0.29, 0.717) is 17.9 Å². The zero-order chi connectivity index (χ0) is 23.4. The number of nitrogens with zero attached hydrogens (tertiary/aromatic N) is 2. The SMILES string of the molecule is Cc1cc(C(=O)N2CCCCc3cccnc32)ccc1CNC(=O)Nc1c(F)cccc1F. The van der Waals surface area contributed by atoms with Crippen LogP contribution in [0.2, 0.25) is 0 Å². The molecule has 1 aliphatic heterocycles. The highest BCUT2D eigenvalue weighted by Crippen LogP contribution is 2.26. The molecule has 2 aromatic carbocycles. The number of pyridine rings is 1. The van der Waals surface area contributed by atoms with Gasteiger partial charge in [-0.2, -0.15) is 0 Å². The molecule has 170 valence electrons. The second-order valence-corrected chi connectivity index (χ2v) is 7.95. The number of hydrogen-bond donors (Lipinski definition) is 2. The lowest BCUT2D eigenvalue weighted by Gasteiger charge is -2.22. The van der Waals surface area contributed by atoms with Crippen LogP contribution in [0.15, 0.2) is 54.7 Å². The number of anilines is 2.